The largest absolute Gasteiger partial charge is 0.405 e. The van der Waals surface area contributed by atoms with Crippen LogP contribution >= 0.6 is 11.5 Å². The van der Waals surface area contributed by atoms with E-state index in [-0.39, 0.29) is 25.3 Å². The maximum Gasteiger partial charge on any atom is 0.405 e. The first-order chi connectivity index (χ1) is 13.9. The van der Waals surface area contributed by atoms with Crippen LogP contribution in [0.3, 0.4) is 0 Å². The summed E-state index contributed by atoms with van der Waals surface area (Å²) in [6, 6.07) is 3.31. The fourth-order valence-corrected chi connectivity index (χ4v) is 3.94. The van der Waals surface area contributed by atoms with Crippen LogP contribution in [0, 0.1) is 0 Å². The SMILES string of the molecule is COCCc1nsc(N2CCC(c3nc(-c4cccnc4)no3)(C(F)(F)F)C2)n1. The number of nitrogens with zero attached hydrogens (tertiary/aromatic N) is 6. The Bertz CT molecular complexity index is 963. The number of methoxy groups -OCH3 is 1. The summed E-state index contributed by atoms with van der Waals surface area (Å²) in [7, 11) is 1.57. The molecule has 0 spiro atoms. The third-order valence-electron chi connectivity index (χ3n) is 4.82. The van der Waals surface area contributed by atoms with Gasteiger partial charge in [-0.15, -0.1) is 0 Å². The number of anilines is 1. The number of aromatic nitrogens is 5. The van der Waals surface area contributed by atoms with E-state index in [9.17, 15) is 13.2 Å². The lowest BCUT2D eigenvalue weighted by molar-refractivity contribution is -0.191. The van der Waals surface area contributed by atoms with Gasteiger partial charge in [0.05, 0.1) is 6.61 Å². The summed E-state index contributed by atoms with van der Waals surface area (Å²) in [5.41, 5.74) is -1.78. The molecular weight excluding hydrogens is 409 g/mol. The molecule has 0 N–H and O–H groups in total. The number of alkyl halides is 3. The number of rotatable bonds is 6. The third-order valence-corrected chi connectivity index (χ3v) is 5.64. The maximum absolute atomic E-state index is 14.2. The van der Waals surface area contributed by atoms with Crippen molar-refractivity contribution in [3.8, 4) is 11.4 Å². The lowest BCUT2D eigenvalue weighted by atomic mass is 9.86. The highest BCUT2D eigenvalue weighted by Gasteiger charge is 2.63. The minimum Gasteiger partial charge on any atom is -0.384 e. The molecule has 8 nitrogen and oxygen atoms in total. The lowest BCUT2D eigenvalue weighted by Crippen LogP contribution is -2.45. The topological polar surface area (TPSA) is 90.1 Å². The normalized spacial score (nSPS) is 19.8. The average Bonchev–Trinajstić information content (AvgIpc) is 3.45. The molecule has 1 atom stereocenters. The molecule has 1 aliphatic rings. The van der Waals surface area contributed by atoms with Crippen LogP contribution in [0.1, 0.15) is 18.1 Å². The Hall–Kier alpha value is -2.60. The van der Waals surface area contributed by atoms with Crippen molar-refractivity contribution >= 4 is 16.7 Å². The Morgan fingerprint density at radius 1 is 1.34 bits per heavy atom. The van der Waals surface area contributed by atoms with Gasteiger partial charge < -0.3 is 14.2 Å². The minimum atomic E-state index is -4.57. The Morgan fingerprint density at radius 2 is 2.21 bits per heavy atom. The monoisotopic (exact) mass is 426 g/mol. The fourth-order valence-electron chi connectivity index (χ4n) is 3.20. The van der Waals surface area contributed by atoms with E-state index in [2.05, 4.69) is 24.5 Å². The highest BCUT2D eigenvalue weighted by molar-refractivity contribution is 7.09. The summed E-state index contributed by atoms with van der Waals surface area (Å²) in [5, 5.41) is 4.18. The number of halogens is 3. The zero-order valence-electron chi connectivity index (χ0n) is 15.4. The molecule has 0 radical (unpaired) electrons. The van der Waals surface area contributed by atoms with Crippen LogP contribution in [-0.4, -0.2) is 57.5 Å². The highest BCUT2D eigenvalue weighted by Crippen LogP contribution is 2.48. The summed E-state index contributed by atoms with van der Waals surface area (Å²) in [6.07, 6.45) is -1.25. The molecule has 12 heteroatoms. The first-order valence-electron chi connectivity index (χ1n) is 8.81. The van der Waals surface area contributed by atoms with Gasteiger partial charge in [0, 0.05) is 56.1 Å². The van der Waals surface area contributed by atoms with Crippen LogP contribution in [-0.2, 0) is 16.6 Å². The zero-order chi connectivity index (χ0) is 20.5. The van der Waals surface area contributed by atoms with E-state index in [0.29, 0.717) is 29.5 Å². The van der Waals surface area contributed by atoms with Gasteiger partial charge in [0.2, 0.25) is 16.8 Å². The Labute approximate surface area is 167 Å². The molecule has 1 aliphatic heterocycles. The second kappa shape index (κ2) is 7.67. The Morgan fingerprint density at radius 3 is 2.93 bits per heavy atom. The van der Waals surface area contributed by atoms with Gasteiger partial charge in [-0.2, -0.15) is 22.5 Å². The van der Waals surface area contributed by atoms with Crippen LogP contribution in [0.2, 0.25) is 0 Å². The van der Waals surface area contributed by atoms with E-state index in [1.165, 1.54) is 6.20 Å². The molecule has 154 valence electrons. The summed E-state index contributed by atoms with van der Waals surface area (Å²) < 4.78 is 56.7. The van der Waals surface area contributed by atoms with Crippen LogP contribution in [0.25, 0.3) is 11.4 Å². The molecular formula is C17H17F3N6O2S. The lowest BCUT2D eigenvalue weighted by Gasteiger charge is -2.27. The smallest absolute Gasteiger partial charge is 0.384 e. The fraction of sp³-hybridized carbons (Fsp3) is 0.471. The molecule has 3 aromatic heterocycles. The van der Waals surface area contributed by atoms with Gasteiger partial charge in [-0.25, -0.2) is 4.98 Å². The molecule has 0 aliphatic carbocycles. The van der Waals surface area contributed by atoms with E-state index >= 15 is 0 Å². The van der Waals surface area contributed by atoms with Gasteiger partial charge in [-0.3, -0.25) is 4.98 Å². The maximum atomic E-state index is 14.2. The summed E-state index contributed by atoms with van der Waals surface area (Å²) in [5.74, 6) is 0.177. The molecule has 1 fully saturated rings. The summed E-state index contributed by atoms with van der Waals surface area (Å²) in [4.78, 5) is 13.9. The zero-order valence-corrected chi connectivity index (χ0v) is 16.2. The first kappa shape index (κ1) is 19.7. The second-order valence-corrected chi connectivity index (χ2v) is 7.38. The van der Waals surface area contributed by atoms with E-state index in [1.54, 1.807) is 30.3 Å². The predicted molar refractivity (Wildman–Crippen MR) is 97.6 cm³/mol. The van der Waals surface area contributed by atoms with Crippen molar-refractivity contribution in [2.45, 2.75) is 24.4 Å². The molecule has 3 aromatic rings. The predicted octanol–water partition coefficient (Wildman–Crippen LogP) is 2.88. The van der Waals surface area contributed by atoms with Crippen molar-refractivity contribution in [2.75, 3.05) is 31.7 Å². The quantitative estimate of drug-likeness (QED) is 0.594. The van der Waals surface area contributed by atoms with E-state index in [1.807, 2.05) is 0 Å². The van der Waals surface area contributed by atoms with Crippen molar-refractivity contribution in [1.29, 1.82) is 0 Å². The molecule has 0 saturated carbocycles. The van der Waals surface area contributed by atoms with E-state index in [0.717, 1.165) is 11.5 Å². The van der Waals surface area contributed by atoms with Crippen LogP contribution in [0.15, 0.2) is 29.0 Å². The van der Waals surface area contributed by atoms with E-state index in [4.69, 9.17) is 9.26 Å². The van der Waals surface area contributed by atoms with Crippen molar-refractivity contribution < 1.29 is 22.4 Å². The standard InChI is InChI=1S/C17H17F3N6O2S/c1-27-8-4-12-22-15(29-25-12)26-7-5-16(10-26,17(18,19)20)14-23-13(24-28-14)11-3-2-6-21-9-11/h2-3,6,9H,4-5,7-8,10H2,1H3. The van der Waals surface area contributed by atoms with Gasteiger partial charge in [0.1, 0.15) is 5.82 Å². The Balaban J connectivity index is 1.61. The van der Waals surface area contributed by atoms with Gasteiger partial charge in [0.25, 0.3) is 0 Å². The summed E-state index contributed by atoms with van der Waals surface area (Å²) in [6.45, 7) is 0.245. The molecule has 4 rings (SSSR count). The van der Waals surface area contributed by atoms with Crippen molar-refractivity contribution in [3.05, 3.63) is 36.2 Å². The number of ether oxygens (including phenoxy) is 1. The Kier molecular flexibility index (Phi) is 5.21. The molecule has 0 aromatic carbocycles. The van der Waals surface area contributed by atoms with Crippen LogP contribution < -0.4 is 4.90 Å². The van der Waals surface area contributed by atoms with Gasteiger partial charge in [-0.05, 0) is 18.6 Å². The molecule has 1 saturated heterocycles. The van der Waals surface area contributed by atoms with Crippen molar-refractivity contribution in [1.82, 2.24) is 24.5 Å². The first-order valence-corrected chi connectivity index (χ1v) is 9.58. The van der Waals surface area contributed by atoms with Gasteiger partial charge in [0.15, 0.2) is 5.41 Å². The highest BCUT2D eigenvalue weighted by atomic mass is 32.1. The summed E-state index contributed by atoms with van der Waals surface area (Å²) >= 11 is 1.07. The van der Waals surface area contributed by atoms with E-state index < -0.39 is 17.5 Å². The number of pyridine rings is 1. The van der Waals surface area contributed by atoms with Crippen molar-refractivity contribution in [3.63, 3.8) is 0 Å². The molecule has 29 heavy (non-hydrogen) atoms. The molecule has 4 heterocycles. The number of hydrogen-bond donors (Lipinski definition) is 0. The number of hydrogen-bond acceptors (Lipinski definition) is 9. The molecule has 1 unspecified atom stereocenters. The second-order valence-electron chi connectivity index (χ2n) is 6.65. The van der Waals surface area contributed by atoms with Crippen LogP contribution in [0.4, 0.5) is 18.3 Å². The van der Waals surface area contributed by atoms with Gasteiger partial charge >= 0.3 is 6.18 Å². The van der Waals surface area contributed by atoms with Crippen molar-refractivity contribution in [2.24, 2.45) is 0 Å². The minimum absolute atomic E-state index is 0.0768. The molecule has 0 bridgehead atoms. The average molecular weight is 426 g/mol. The molecule has 0 amide bonds. The van der Waals surface area contributed by atoms with Gasteiger partial charge in [-0.1, -0.05) is 5.16 Å². The third kappa shape index (κ3) is 3.69. The van der Waals surface area contributed by atoms with Crippen LogP contribution in [0.5, 0.6) is 0 Å².